The van der Waals surface area contributed by atoms with E-state index in [0.717, 1.165) is 23.6 Å². The standard InChI is InChI=1S/C20H27N3O3S/c1-15(21)16-9-12-23(13-10-16)20(24)8-11-22-27(25,26)19-7-6-17-4-2-3-5-18(17)14-19/h2-7,14-16,22H,8-13,21H2,1H3. The lowest BCUT2D eigenvalue weighted by Crippen LogP contribution is -2.43. The molecule has 1 aliphatic heterocycles. The highest BCUT2D eigenvalue weighted by molar-refractivity contribution is 7.89. The number of carbonyl (C=O) groups excluding carboxylic acids is 1. The van der Waals surface area contributed by atoms with E-state index >= 15 is 0 Å². The van der Waals surface area contributed by atoms with E-state index in [-0.39, 0.29) is 29.8 Å². The average Bonchev–Trinajstić information content (AvgIpc) is 2.67. The topological polar surface area (TPSA) is 92.5 Å². The monoisotopic (exact) mass is 389 g/mol. The highest BCUT2D eigenvalue weighted by Gasteiger charge is 2.25. The number of hydrogen-bond acceptors (Lipinski definition) is 4. The van der Waals surface area contributed by atoms with Gasteiger partial charge in [-0.25, -0.2) is 13.1 Å². The van der Waals surface area contributed by atoms with Gasteiger partial charge < -0.3 is 10.6 Å². The van der Waals surface area contributed by atoms with Crippen molar-refractivity contribution in [3.8, 4) is 0 Å². The Labute approximate surface area is 160 Å². The van der Waals surface area contributed by atoms with Crippen LogP contribution >= 0.6 is 0 Å². The highest BCUT2D eigenvalue weighted by atomic mass is 32.2. The van der Waals surface area contributed by atoms with Crippen LogP contribution in [0.4, 0.5) is 0 Å². The Morgan fingerprint density at radius 2 is 1.85 bits per heavy atom. The predicted molar refractivity (Wildman–Crippen MR) is 107 cm³/mol. The Hall–Kier alpha value is -1.96. The molecule has 2 aromatic rings. The van der Waals surface area contributed by atoms with Crippen LogP contribution in [0.15, 0.2) is 47.4 Å². The summed E-state index contributed by atoms with van der Waals surface area (Å²) in [5.41, 5.74) is 5.93. The van der Waals surface area contributed by atoms with Gasteiger partial charge in [0.25, 0.3) is 0 Å². The largest absolute Gasteiger partial charge is 0.343 e. The van der Waals surface area contributed by atoms with Gasteiger partial charge in [-0.3, -0.25) is 4.79 Å². The van der Waals surface area contributed by atoms with Crippen molar-refractivity contribution in [2.24, 2.45) is 11.7 Å². The average molecular weight is 390 g/mol. The van der Waals surface area contributed by atoms with E-state index in [1.807, 2.05) is 36.1 Å². The summed E-state index contributed by atoms with van der Waals surface area (Å²) in [6, 6.07) is 12.8. The van der Waals surface area contributed by atoms with Crippen LogP contribution in [0.5, 0.6) is 0 Å². The number of piperidine rings is 1. The van der Waals surface area contributed by atoms with Gasteiger partial charge in [0, 0.05) is 32.1 Å². The maximum atomic E-state index is 12.5. The number of carbonyl (C=O) groups is 1. The van der Waals surface area contributed by atoms with Gasteiger partial charge in [0.15, 0.2) is 0 Å². The summed E-state index contributed by atoms with van der Waals surface area (Å²) < 4.78 is 27.5. The third-order valence-corrected chi connectivity index (χ3v) is 6.76. The number of likely N-dealkylation sites (tertiary alicyclic amines) is 1. The van der Waals surface area contributed by atoms with Crippen LogP contribution in [0.25, 0.3) is 10.8 Å². The molecule has 1 aliphatic rings. The van der Waals surface area contributed by atoms with E-state index in [9.17, 15) is 13.2 Å². The minimum absolute atomic E-state index is 0.0145. The first-order chi connectivity index (χ1) is 12.9. The molecule has 1 unspecified atom stereocenters. The Morgan fingerprint density at radius 3 is 2.52 bits per heavy atom. The molecule has 3 rings (SSSR count). The normalized spacial score (nSPS) is 17.2. The second kappa shape index (κ2) is 8.37. The molecule has 27 heavy (non-hydrogen) atoms. The molecule has 2 aromatic carbocycles. The fourth-order valence-corrected chi connectivity index (χ4v) is 4.61. The SMILES string of the molecule is CC(N)C1CCN(C(=O)CCNS(=O)(=O)c2ccc3ccccc3c2)CC1. The fourth-order valence-electron chi connectivity index (χ4n) is 3.54. The van der Waals surface area contributed by atoms with E-state index in [1.165, 1.54) is 0 Å². The van der Waals surface area contributed by atoms with Gasteiger partial charge >= 0.3 is 0 Å². The maximum absolute atomic E-state index is 12.5. The first-order valence-corrected chi connectivity index (χ1v) is 10.9. The molecule has 1 amide bonds. The van der Waals surface area contributed by atoms with Crippen molar-refractivity contribution in [3.63, 3.8) is 0 Å². The molecular weight excluding hydrogens is 362 g/mol. The van der Waals surface area contributed by atoms with Gasteiger partial charge in [0.05, 0.1) is 4.90 Å². The molecule has 1 atom stereocenters. The van der Waals surface area contributed by atoms with Gasteiger partial charge in [-0.1, -0.05) is 30.3 Å². The van der Waals surface area contributed by atoms with Crippen LogP contribution in [-0.2, 0) is 14.8 Å². The molecule has 0 spiro atoms. The van der Waals surface area contributed by atoms with Crippen LogP contribution in [0, 0.1) is 5.92 Å². The molecule has 1 heterocycles. The number of fused-ring (bicyclic) bond motifs is 1. The Bertz CT molecular complexity index is 904. The summed E-state index contributed by atoms with van der Waals surface area (Å²) in [4.78, 5) is 14.4. The Morgan fingerprint density at radius 1 is 1.19 bits per heavy atom. The number of nitrogens with zero attached hydrogens (tertiary/aromatic N) is 1. The predicted octanol–water partition coefficient (Wildman–Crippen LogP) is 2.09. The van der Waals surface area contributed by atoms with Crippen LogP contribution in [0.1, 0.15) is 26.2 Å². The summed E-state index contributed by atoms with van der Waals surface area (Å²) in [5, 5.41) is 1.86. The summed E-state index contributed by atoms with van der Waals surface area (Å²) >= 11 is 0. The number of rotatable bonds is 6. The first kappa shape index (κ1) is 19.8. The molecule has 1 saturated heterocycles. The fraction of sp³-hybridized carbons (Fsp3) is 0.450. The molecule has 6 nitrogen and oxygen atoms in total. The lowest BCUT2D eigenvalue weighted by atomic mass is 9.91. The summed E-state index contributed by atoms with van der Waals surface area (Å²) in [6.07, 6.45) is 1.98. The quantitative estimate of drug-likeness (QED) is 0.791. The molecule has 146 valence electrons. The van der Waals surface area contributed by atoms with Crippen molar-refractivity contribution in [3.05, 3.63) is 42.5 Å². The number of amides is 1. The Balaban J connectivity index is 1.53. The van der Waals surface area contributed by atoms with Gasteiger partial charge in [-0.05, 0) is 48.6 Å². The molecular formula is C20H27N3O3S. The van der Waals surface area contributed by atoms with Crippen LogP contribution in [0.2, 0.25) is 0 Å². The van der Waals surface area contributed by atoms with Crippen molar-refractivity contribution in [1.29, 1.82) is 0 Å². The van der Waals surface area contributed by atoms with Gasteiger partial charge in [-0.2, -0.15) is 0 Å². The number of sulfonamides is 1. The minimum atomic E-state index is -3.64. The molecule has 0 bridgehead atoms. The van der Waals surface area contributed by atoms with Crippen LogP contribution in [0.3, 0.4) is 0 Å². The molecule has 1 fully saturated rings. The van der Waals surface area contributed by atoms with Crippen molar-refractivity contribution >= 4 is 26.7 Å². The van der Waals surface area contributed by atoms with Crippen LogP contribution in [-0.4, -0.2) is 44.9 Å². The third-order valence-electron chi connectivity index (χ3n) is 5.30. The molecule has 3 N–H and O–H groups in total. The maximum Gasteiger partial charge on any atom is 0.240 e. The smallest absolute Gasteiger partial charge is 0.240 e. The van der Waals surface area contributed by atoms with Crippen molar-refractivity contribution in [2.75, 3.05) is 19.6 Å². The minimum Gasteiger partial charge on any atom is -0.343 e. The van der Waals surface area contributed by atoms with Crippen LogP contribution < -0.4 is 10.5 Å². The summed E-state index contributed by atoms with van der Waals surface area (Å²) in [5.74, 6) is 0.444. The second-order valence-corrected chi connectivity index (χ2v) is 9.00. The van der Waals surface area contributed by atoms with Gasteiger partial charge in [0.1, 0.15) is 0 Å². The lowest BCUT2D eigenvalue weighted by Gasteiger charge is -2.33. The van der Waals surface area contributed by atoms with E-state index < -0.39 is 10.0 Å². The second-order valence-electron chi connectivity index (χ2n) is 7.23. The molecule has 0 aliphatic carbocycles. The number of nitrogens with two attached hydrogens (primary N) is 1. The lowest BCUT2D eigenvalue weighted by molar-refractivity contribution is -0.132. The van der Waals surface area contributed by atoms with E-state index in [0.29, 0.717) is 19.0 Å². The third kappa shape index (κ3) is 4.86. The number of hydrogen-bond donors (Lipinski definition) is 2. The molecule has 0 saturated carbocycles. The highest BCUT2D eigenvalue weighted by Crippen LogP contribution is 2.20. The van der Waals surface area contributed by atoms with Crippen molar-refractivity contribution < 1.29 is 13.2 Å². The zero-order valence-electron chi connectivity index (χ0n) is 15.6. The van der Waals surface area contributed by atoms with E-state index in [4.69, 9.17) is 5.73 Å². The molecule has 0 radical (unpaired) electrons. The van der Waals surface area contributed by atoms with Crippen molar-refractivity contribution in [1.82, 2.24) is 9.62 Å². The number of benzene rings is 2. The summed E-state index contributed by atoms with van der Waals surface area (Å²) in [7, 11) is -3.64. The zero-order valence-corrected chi connectivity index (χ0v) is 16.4. The van der Waals surface area contributed by atoms with E-state index in [1.54, 1.807) is 18.2 Å². The van der Waals surface area contributed by atoms with Crippen molar-refractivity contribution in [2.45, 2.75) is 37.1 Å². The zero-order chi connectivity index (χ0) is 19.4. The first-order valence-electron chi connectivity index (χ1n) is 9.38. The van der Waals surface area contributed by atoms with E-state index in [2.05, 4.69) is 4.72 Å². The summed E-state index contributed by atoms with van der Waals surface area (Å²) in [6.45, 7) is 3.50. The number of nitrogens with one attached hydrogen (secondary N) is 1. The van der Waals surface area contributed by atoms with Gasteiger partial charge in [0.2, 0.25) is 15.9 Å². The Kier molecular flexibility index (Phi) is 6.14. The molecule has 7 heteroatoms. The van der Waals surface area contributed by atoms with Gasteiger partial charge in [-0.15, -0.1) is 0 Å². The molecule has 0 aromatic heterocycles.